The number of hydrogen-bond acceptors (Lipinski definition) is 6. The predicted molar refractivity (Wildman–Crippen MR) is 121 cm³/mol. The minimum Gasteiger partial charge on any atom is -0.478 e. The van der Waals surface area contributed by atoms with Crippen molar-refractivity contribution < 1.29 is 14.3 Å². The number of nitrogens with zero attached hydrogens (tertiary/aromatic N) is 6. The lowest BCUT2D eigenvalue weighted by molar-refractivity contribution is 0.0201. The van der Waals surface area contributed by atoms with Crippen LogP contribution in [0.2, 0.25) is 0 Å². The summed E-state index contributed by atoms with van der Waals surface area (Å²) in [5.74, 6) is 1.55. The summed E-state index contributed by atoms with van der Waals surface area (Å²) >= 11 is 0. The van der Waals surface area contributed by atoms with Crippen LogP contribution in [0.15, 0.2) is 23.3 Å². The largest absolute Gasteiger partial charge is 0.478 e. The van der Waals surface area contributed by atoms with Crippen molar-refractivity contribution in [2.75, 3.05) is 38.2 Å². The van der Waals surface area contributed by atoms with Gasteiger partial charge < -0.3 is 19.3 Å². The Morgan fingerprint density at radius 3 is 2.65 bits per heavy atom. The van der Waals surface area contributed by atoms with Crippen molar-refractivity contribution in [3.8, 4) is 5.88 Å². The fourth-order valence-corrected chi connectivity index (χ4v) is 3.49. The average Bonchev–Trinajstić information content (AvgIpc) is 2.74. The molecular weight excluding hydrogens is 396 g/mol. The third kappa shape index (κ3) is 8.92. The van der Waals surface area contributed by atoms with Crippen molar-refractivity contribution in [3.05, 3.63) is 28.6 Å². The van der Waals surface area contributed by atoms with Crippen LogP contribution >= 0.6 is 0 Å². The quantitative estimate of drug-likeness (QED) is 0.220. The maximum atomic E-state index is 12.3. The van der Waals surface area contributed by atoms with E-state index in [1.54, 1.807) is 4.90 Å². The van der Waals surface area contributed by atoms with Crippen LogP contribution in [0.1, 0.15) is 59.3 Å². The highest BCUT2D eigenvalue weighted by atomic mass is 16.6. The first-order chi connectivity index (χ1) is 14.8. The highest BCUT2D eigenvalue weighted by molar-refractivity contribution is 5.68. The van der Waals surface area contributed by atoms with Crippen molar-refractivity contribution in [2.24, 2.45) is 5.11 Å². The van der Waals surface area contributed by atoms with Gasteiger partial charge in [0.2, 0.25) is 5.88 Å². The van der Waals surface area contributed by atoms with Crippen molar-refractivity contribution in [1.29, 1.82) is 0 Å². The number of pyridine rings is 1. The molecule has 0 aromatic carbocycles. The number of hydrogen-bond donors (Lipinski definition) is 0. The fourth-order valence-electron chi connectivity index (χ4n) is 3.49. The lowest BCUT2D eigenvalue weighted by Gasteiger charge is -2.37. The molecule has 1 aliphatic heterocycles. The molecule has 0 saturated carbocycles. The molecule has 1 saturated heterocycles. The van der Waals surface area contributed by atoms with E-state index >= 15 is 0 Å². The zero-order valence-corrected chi connectivity index (χ0v) is 19.3. The third-order valence-electron chi connectivity index (χ3n) is 5.19. The van der Waals surface area contributed by atoms with Crippen molar-refractivity contribution in [1.82, 2.24) is 9.88 Å². The van der Waals surface area contributed by atoms with Gasteiger partial charge in [-0.3, -0.25) is 0 Å². The molecule has 0 bridgehead atoms. The van der Waals surface area contributed by atoms with Gasteiger partial charge in [-0.2, -0.15) is 4.98 Å². The van der Waals surface area contributed by atoms with Gasteiger partial charge in [0.05, 0.1) is 6.61 Å². The Morgan fingerprint density at radius 2 is 1.97 bits per heavy atom. The van der Waals surface area contributed by atoms with Crippen molar-refractivity contribution in [3.63, 3.8) is 0 Å². The summed E-state index contributed by atoms with van der Waals surface area (Å²) in [5, 5.41) is 3.54. The Morgan fingerprint density at radius 1 is 1.26 bits per heavy atom. The summed E-state index contributed by atoms with van der Waals surface area (Å²) < 4.78 is 11.3. The van der Waals surface area contributed by atoms with Crippen molar-refractivity contribution in [2.45, 2.75) is 70.9 Å². The number of piperidine rings is 1. The molecule has 0 N–H and O–H groups in total. The standard InChI is InChI=1S/C22H36N6O3/c1-22(2,3)31-21(29)27(4)18-12-15-28(16-13-18)19-10-9-11-20(25-19)30-17-8-6-5-7-14-24-26-23/h9-11,18H,5-8,12-17H2,1-4H3. The first-order valence-electron chi connectivity index (χ1n) is 11.1. The van der Waals surface area contributed by atoms with Gasteiger partial charge in [-0.15, -0.1) is 0 Å². The van der Waals surface area contributed by atoms with E-state index in [1.165, 1.54) is 0 Å². The molecule has 9 heteroatoms. The third-order valence-corrected chi connectivity index (χ3v) is 5.19. The van der Waals surface area contributed by atoms with Gasteiger partial charge >= 0.3 is 6.09 Å². The number of aromatic nitrogens is 1. The number of unbranched alkanes of at least 4 members (excludes halogenated alkanes) is 3. The zero-order chi connectivity index (χ0) is 22.7. The van der Waals surface area contributed by atoms with E-state index in [9.17, 15) is 4.79 Å². The molecule has 1 fully saturated rings. The molecule has 0 spiro atoms. The van der Waals surface area contributed by atoms with Gasteiger partial charge in [-0.05, 0) is 58.1 Å². The summed E-state index contributed by atoms with van der Waals surface area (Å²) in [4.78, 5) is 23.7. The Bertz CT molecular complexity index is 737. The number of carbonyl (C=O) groups excluding carboxylic acids is 1. The van der Waals surface area contributed by atoms with E-state index in [1.807, 2.05) is 46.0 Å². The molecule has 1 amide bonds. The first-order valence-corrected chi connectivity index (χ1v) is 11.1. The van der Waals surface area contributed by atoms with E-state index in [4.69, 9.17) is 15.0 Å². The van der Waals surface area contributed by atoms with Gasteiger partial charge in [-0.25, -0.2) is 4.79 Å². The number of anilines is 1. The highest BCUT2D eigenvalue weighted by Crippen LogP contribution is 2.23. The van der Waals surface area contributed by atoms with Crippen LogP contribution in [0.5, 0.6) is 5.88 Å². The monoisotopic (exact) mass is 432 g/mol. The number of carbonyl (C=O) groups is 1. The number of rotatable bonds is 10. The van der Waals surface area contributed by atoms with Gasteiger partial charge in [0.1, 0.15) is 11.4 Å². The van der Waals surface area contributed by atoms with Crippen LogP contribution in [0.4, 0.5) is 10.6 Å². The Labute approximate surface area is 185 Å². The van der Waals surface area contributed by atoms with E-state index in [0.717, 1.165) is 57.4 Å². The van der Waals surface area contributed by atoms with Gasteiger partial charge in [0, 0.05) is 43.7 Å². The Balaban J connectivity index is 1.75. The molecule has 2 rings (SSSR count). The summed E-state index contributed by atoms with van der Waals surface area (Å²) in [7, 11) is 1.82. The number of amides is 1. The van der Waals surface area contributed by atoms with Crippen LogP contribution in [0.25, 0.3) is 10.4 Å². The van der Waals surface area contributed by atoms with E-state index < -0.39 is 5.60 Å². The van der Waals surface area contributed by atoms with Gasteiger partial charge in [0.25, 0.3) is 0 Å². The molecule has 1 aromatic heterocycles. The van der Waals surface area contributed by atoms with Crippen LogP contribution in [-0.2, 0) is 4.74 Å². The Hall–Kier alpha value is -2.67. The van der Waals surface area contributed by atoms with E-state index in [0.29, 0.717) is 19.0 Å². The maximum Gasteiger partial charge on any atom is 0.410 e. The SMILES string of the molecule is CN(C(=O)OC(C)(C)C)C1CCN(c2cccc(OCCCCCCN=[N+]=[N-])n2)CC1. The molecule has 9 nitrogen and oxygen atoms in total. The lowest BCUT2D eigenvalue weighted by atomic mass is 10.0. The minimum atomic E-state index is -0.484. The molecule has 2 heterocycles. The normalized spacial score (nSPS) is 14.6. The highest BCUT2D eigenvalue weighted by Gasteiger charge is 2.29. The second kappa shape index (κ2) is 12.2. The molecule has 1 aliphatic rings. The van der Waals surface area contributed by atoms with Crippen molar-refractivity contribution >= 4 is 11.9 Å². The number of ether oxygens (including phenoxy) is 2. The second-order valence-electron chi connectivity index (χ2n) is 8.86. The van der Waals surface area contributed by atoms with Crippen LogP contribution < -0.4 is 9.64 Å². The molecule has 0 aliphatic carbocycles. The minimum absolute atomic E-state index is 0.171. The second-order valence-corrected chi connectivity index (χ2v) is 8.86. The molecule has 1 aromatic rings. The van der Waals surface area contributed by atoms with Crippen LogP contribution in [0.3, 0.4) is 0 Å². The molecule has 0 unspecified atom stereocenters. The molecule has 31 heavy (non-hydrogen) atoms. The smallest absolute Gasteiger partial charge is 0.410 e. The number of azide groups is 1. The summed E-state index contributed by atoms with van der Waals surface area (Å²) in [5.41, 5.74) is 7.77. The zero-order valence-electron chi connectivity index (χ0n) is 19.3. The summed E-state index contributed by atoms with van der Waals surface area (Å²) in [6, 6.07) is 6.02. The first kappa shape index (κ1) is 24.6. The molecular formula is C22H36N6O3. The Kier molecular flexibility index (Phi) is 9.72. The van der Waals surface area contributed by atoms with E-state index in [2.05, 4.69) is 19.9 Å². The maximum absolute atomic E-state index is 12.3. The predicted octanol–water partition coefficient (Wildman–Crippen LogP) is 5.17. The summed E-state index contributed by atoms with van der Waals surface area (Å²) in [6.45, 7) is 8.50. The van der Waals surface area contributed by atoms with Gasteiger partial charge in [0.15, 0.2) is 0 Å². The topological polar surface area (TPSA) is 104 Å². The van der Waals surface area contributed by atoms with Crippen LogP contribution in [-0.4, -0.2) is 60.9 Å². The van der Waals surface area contributed by atoms with E-state index in [-0.39, 0.29) is 12.1 Å². The van der Waals surface area contributed by atoms with Crippen LogP contribution in [0, 0.1) is 0 Å². The summed E-state index contributed by atoms with van der Waals surface area (Å²) in [6.07, 6.45) is 5.41. The molecule has 0 atom stereocenters. The molecule has 0 radical (unpaired) electrons. The lowest BCUT2D eigenvalue weighted by Crippen LogP contribution is -2.47. The fraction of sp³-hybridized carbons (Fsp3) is 0.727. The van der Waals surface area contributed by atoms with Gasteiger partial charge in [-0.1, -0.05) is 24.0 Å². The average molecular weight is 433 g/mol. The molecule has 172 valence electrons.